The van der Waals surface area contributed by atoms with E-state index in [1.807, 2.05) is 20.0 Å². The standard InChI is InChI=1S/C11H17NO2/c1-9(13)4-6-12(3)8-11-5-7-14-10(11)2/h5,7H,4,6,8H2,1-3H3. The van der Waals surface area contributed by atoms with Gasteiger partial charge in [-0.05, 0) is 27.0 Å². The van der Waals surface area contributed by atoms with Crippen LogP contribution in [-0.2, 0) is 11.3 Å². The molecule has 0 fully saturated rings. The van der Waals surface area contributed by atoms with E-state index >= 15 is 0 Å². The summed E-state index contributed by atoms with van der Waals surface area (Å²) in [6.45, 7) is 5.22. The number of Topliss-reactive ketones (excluding diaryl/α,β-unsaturated/α-hetero) is 1. The van der Waals surface area contributed by atoms with Gasteiger partial charge in [-0.1, -0.05) is 0 Å². The molecule has 0 amide bonds. The van der Waals surface area contributed by atoms with Gasteiger partial charge in [0.15, 0.2) is 0 Å². The van der Waals surface area contributed by atoms with E-state index in [0.29, 0.717) is 6.42 Å². The van der Waals surface area contributed by atoms with Crippen LogP contribution in [0.3, 0.4) is 0 Å². The molecule has 0 atom stereocenters. The third-order valence-corrected chi connectivity index (χ3v) is 2.25. The second-order valence-electron chi connectivity index (χ2n) is 3.69. The number of nitrogens with zero attached hydrogens (tertiary/aromatic N) is 1. The maximum absolute atomic E-state index is 10.8. The van der Waals surface area contributed by atoms with Crippen LogP contribution in [0.1, 0.15) is 24.7 Å². The summed E-state index contributed by atoms with van der Waals surface area (Å²) in [5.41, 5.74) is 1.19. The van der Waals surface area contributed by atoms with Crippen molar-refractivity contribution in [2.75, 3.05) is 13.6 Å². The number of aryl methyl sites for hydroxylation is 1. The maximum Gasteiger partial charge on any atom is 0.131 e. The second kappa shape index (κ2) is 4.96. The molecule has 0 saturated carbocycles. The number of carbonyl (C=O) groups is 1. The molecule has 0 aliphatic rings. The van der Waals surface area contributed by atoms with Gasteiger partial charge in [0.25, 0.3) is 0 Å². The number of hydrogen-bond donors (Lipinski definition) is 0. The highest BCUT2D eigenvalue weighted by Gasteiger charge is 2.05. The lowest BCUT2D eigenvalue weighted by atomic mass is 10.2. The quantitative estimate of drug-likeness (QED) is 0.720. The van der Waals surface area contributed by atoms with Crippen LogP contribution >= 0.6 is 0 Å². The Balaban J connectivity index is 2.37. The summed E-state index contributed by atoms with van der Waals surface area (Å²) in [4.78, 5) is 12.9. The third kappa shape index (κ3) is 3.34. The first-order valence-electron chi connectivity index (χ1n) is 4.80. The lowest BCUT2D eigenvalue weighted by Gasteiger charge is -2.14. The molecule has 0 aromatic carbocycles. The summed E-state index contributed by atoms with van der Waals surface area (Å²) >= 11 is 0. The molecule has 1 rings (SSSR count). The van der Waals surface area contributed by atoms with E-state index in [9.17, 15) is 4.79 Å². The molecule has 3 heteroatoms. The van der Waals surface area contributed by atoms with Crippen LogP contribution in [0.15, 0.2) is 16.7 Å². The van der Waals surface area contributed by atoms with Crippen LogP contribution in [0, 0.1) is 6.92 Å². The van der Waals surface area contributed by atoms with Crippen LogP contribution < -0.4 is 0 Å². The summed E-state index contributed by atoms with van der Waals surface area (Å²) < 4.78 is 5.20. The molecule has 1 aromatic rings. The van der Waals surface area contributed by atoms with E-state index in [0.717, 1.165) is 18.8 Å². The van der Waals surface area contributed by atoms with E-state index < -0.39 is 0 Å². The van der Waals surface area contributed by atoms with Crippen LogP contribution in [0.4, 0.5) is 0 Å². The number of ketones is 1. The summed E-state index contributed by atoms with van der Waals surface area (Å²) in [6, 6.07) is 1.97. The smallest absolute Gasteiger partial charge is 0.131 e. The molecule has 1 heterocycles. The van der Waals surface area contributed by atoms with E-state index in [1.165, 1.54) is 5.56 Å². The minimum atomic E-state index is 0.237. The number of furan rings is 1. The van der Waals surface area contributed by atoms with Crippen LogP contribution in [-0.4, -0.2) is 24.3 Å². The van der Waals surface area contributed by atoms with Gasteiger partial charge in [-0.15, -0.1) is 0 Å². The fourth-order valence-electron chi connectivity index (χ4n) is 1.29. The first-order chi connectivity index (χ1) is 6.59. The average Bonchev–Trinajstić information content (AvgIpc) is 2.49. The van der Waals surface area contributed by atoms with E-state index in [4.69, 9.17) is 4.42 Å². The third-order valence-electron chi connectivity index (χ3n) is 2.25. The summed E-state index contributed by atoms with van der Waals surface area (Å²) in [7, 11) is 2.01. The first-order valence-corrected chi connectivity index (χ1v) is 4.80. The lowest BCUT2D eigenvalue weighted by molar-refractivity contribution is -0.117. The van der Waals surface area contributed by atoms with E-state index in [1.54, 1.807) is 13.2 Å². The fourth-order valence-corrected chi connectivity index (χ4v) is 1.29. The molecule has 3 nitrogen and oxygen atoms in total. The predicted molar refractivity (Wildman–Crippen MR) is 55.1 cm³/mol. The van der Waals surface area contributed by atoms with Crippen LogP contribution in [0.25, 0.3) is 0 Å². The molecule has 14 heavy (non-hydrogen) atoms. The molecule has 0 aliphatic carbocycles. The van der Waals surface area contributed by atoms with E-state index in [-0.39, 0.29) is 5.78 Å². The normalized spacial score (nSPS) is 10.9. The van der Waals surface area contributed by atoms with Crippen molar-refractivity contribution < 1.29 is 9.21 Å². The Morgan fingerprint density at radius 1 is 1.57 bits per heavy atom. The van der Waals surface area contributed by atoms with Gasteiger partial charge < -0.3 is 9.32 Å². The monoisotopic (exact) mass is 195 g/mol. The zero-order valence-electron chi connectivity index (χ0n) is 9.04. The summed E-state index contributed by atoms with van der Waals surface area (Å²) in [5, 5.41) is 0. The molecular formula is C11H17NO2. The molecule has 78 valence electrons. The van der Waals surface area contributed by atoms with Gasteiger partial charge in [-0.25, -0.2) is 0 Å². The Labute approximate surface area is 84.7 Å². The highest BCUT2D eigenvalue weighted by Crippen LogP contribution is 2.10. The number of hydrogen-bond acceptors (Lipinski definition) is 3. The zero-order valence-corrected chi connectivity index (χ0v) is 9.04. The largest absolute Gasteiger partial charge is 0.469 e. The van der Waals surface area contributed by atoms with Crippen molar-refractivity contribution in [2.24, 2.45) is 0 Å². The van der Waals surface area contributed by atoms with Crippen molar-refractivity contribution in [3.63, 3.8) is 0 Å². The van der Waals surface area contributed by atoms with Crippen molar-refractivity contribution in [3.05, 3.63) is 23.7 Å². The van der Waals surface area contributed by atoms with E-state index in [2.05, 4.69) is 4.90 Å². The van der Waals surface area contributed by atoms with Gasteiger partial charge in [0.1, 0.15) is 11.5 Å². The molecule has 0 bridgehead atoms. The molecule has 0 unspecified atom stereocenters. The predicted octanol–water partition coefficient (Wildman–Crippen LogP) is 2.00. The summed E-state index contributed by atoms with van der Waals surface area (Å²) in [6.07, 6.45) is 2.32. The Morgan fingerprint density at radius 2 is 2.29 bits per heavy atom. The van der Waals surface area contributed by atoms with Crippen LogP contribution in [0.5, 0.6) is 0 Å². The van der Waals surface area contributed by atoms with Crippen LogP contribution in [0.2, 0.25) is 0 Å². The Hall–Kier alpha value is -1.09. The number of rotatable bonds is 5. The van der Waals surface area contributed by atoms with Gasteiger partial charge in [0, 0.05) is 25.1 Å². The minimum Gasteiger partial charge on any atom is -0.469 e. The lowest BCUT2D eigenvalue weighted by Crippen LogP contribution is -2.20. The molecule has 0 spiro atoms. The molecule has 0 aliphatic heterocycles. The van der Waals surface area contributed by atoms with Gasteiger partial charge >= 0.3 is 0 Å². The Morgan fingerprint density at radius 3 is 2.79 bits per heavy atom. The van der Waals surface area contributed by atoms with Crippen molar-refractivity contribution >= 4 is 5.78 Å². The zero-order chi connectivity index (χ0) is 10.6. The summed E-state index contributed by atoms with van der Waals surface area (Å²) in [5.74, 6) is 1.19. The van der Waals surface area contributed by atoms with Crippen molar-refractivity contribution in [2.45, 2.75) is 26.8 Å². The SMILES string of the molecule is CC(=O)CCN(C)Cc1ccoc1C. The Bertz CT molecular complexity index is 304. The van der Waals surface area contributed by atoms with Gasteiger partial charge in [0.05, 0.1) is 6.26 Å². The first kappa shape index (κ1) is 11.0. The average molecular weight is 195 g/mol. The van der Waals surface area contributed by atoms with Crippen molar-refractivity contribution in [3.8, 4) is 0 Å². The molecule has 1 aromatic heterocycles. The second-order valence-corrected chi connectivity index (χ2v) is 3.69. The highest BCUT2D eigenvalue weighted by atomic mass is 16.3. The van der Waals surface area contributed by atoms with Crippen molar-refractivity contribution in [1.29, 1.82) is 0 Å². The van der Waals surface area contributed by atoms with Gasteiger partial charge in [-0.3, -0.25) is 4.79 Å². The fraction of sp³-hybridized carbons (Fsp3) is 0.545. The highest BCUT2D eigenvalue weighted by molar-refractivity contribution is 5.75. The molecule has 0 N–H and O–H groups in total. The van der Waals surface area contributed by atoms with Gasteiger partial charge in [0.2, 0.25) is 0 Å². The molecular weight excluding hydrogens is 178 g/mol. The number of carbonyl (C=O) groups excluding carboxylic acids is 1. The topological polar surface area (TPSA) is 33.5 Å². The minimum absolute atomic E-state index is 0.237. The Kier molecular flexibility index (Phi) is 3.89. The molecule has 0 saturated heterocycles. The van der Waals surface area contributed by atoms with Crippen molar-refractivity contribution in [1.82, 2.24) is 4.90 Å². The van der Waals surface area contributed by atoms with Gasteiger partial charge in [-0.2, -0.15) is 0 Å². The maximum atomic E-state index is 10.8. The molecule has 0 radical (unpaired) electrons.